The molecule has 2 aromatic rings. The van der Waals surface area contributed by atoms with E-state index < -0.39 is 0 Å². The molecule has 1 aromatic heterocycles. The molecule has 1 aliphatic carbocycles. The molecule has 0 fully saturated rings. The third-order valence-electron chi connectivity index (χ3n) is 3.58. The molecule has 0 aliphatic heterocycles. The van der Waals surface area contributed by atoms with E-state index in [0.717, 1.165) is 22.7 Å². The monoisotopic (exact) mass is 285 g/mol. The minimum atomic E-state index is 0.565. The average molecular weight is 285 g/mol. The largest absolute Gasteiger partial charge is 0.489 e. The van der Waals surface area contributed by atoms with Crippen LogP contribution in [-0.4, -0.2) is 6.61 Å². The quantitative estimate of drug-likeness (QED) is 0.843. The van der Waals surface area contributed by atoms with Crippen molar-refractivity contribution in [2.24, 2.45) is 0 Å². The van der Waals surface area contributed by atoms with Gasteiger partial charge in [-0.1, -0.05) is 18.7 Å². The first-order valence-electron chi connectivity index (χ1n) is 6.93. The Kier molecular flexibility index (Phi) is 3.53. The van der Waals surface area contributed by atoms with E-state index in [1.165, 1.54) is 34.4 Å². The van der Waals surface area contributed by atoms with Crippen molar-refractivity contribution in [2.75, 3.05) is 12.3 Å². The topological polar surface area (TPSA) is 35.2 Å². The number of nitrogen functional groups attached to an aromatic ring is 1. The Morgan fingerprint density at radius 2 is 2.05 bits per heavy atom. The van der Waals surface area contributed by atoms with E-state index in [2.05, 4.69) is 18.7 Å². The molecule has 3 heteroatoms. The summed E-state index contributed by atoms with van der Waals surface area (Å²) >= 11 is 1.75. The molecule has 2 nitrogen and oxygen atoms in total. The van der Waals surface area contributed by atoms with E-state index in [4.69, 9.17) is 10.5 Å². The maximum atomic E-state index is 6.20. The number of rotatable bonds is 4. The standard InChI is InChI=1S/C17H19NOS/c1-11(2)10-19-13-8-6-12(7-9-13)16-14-4-3-5-15(14)20-17(16)18/h6-9H,1,3-5,10,18H2,2H3. The molecule has 0 amide bonds. The number of ether oxygens (including phenoxy) is 1. The van der Waals surface area contributed by atoms with Crippen molar-refractivity contribution in [3.8, 4) is 16.9 Å². The minimum absolute atomic E-state index is 0.565. The van der Waals surface area contributed by atoms with E-state index >= 15 is 0 Å². The van der Waals surface area contributed by atoms with Gasteiger partial charge in [-0.3, -0.25) is 0 Å². The Hall–Kier alpha value is -1.74. The Bertz CT molecular complexity index is 640. The summed E-state index contributed by atoms with van der Waals surface area (Å²) in [6.45, 7) is 6.37. The van der Waals surface area contributed by atoms with Crippen LogP contribution in [0, 0.1) is 0 Å². The van der Waals surface area contributed by atoms with Crippen molar-refractivity contribution in [3.05, 3.63) is 46.9 Å². The zero-order valence-electron chi connectivity index (χ0n) is 11.7. The lowest BCUT2D eigenvalue weighted by Crippen LogP contribution is -1.97. The number of anilines is 1. The summed E-state index contributed by atoms with van der Waals surface area (Å²) in [5.41, 5.74) is 11.1. The van der Waals surface area contributed by atoms with Gasteiger partial charge in [0.1, 0.15) is 12.4 Å². The van der Waals surface area contributed by atoms with Gasteiger partial charge in [0.25, 0.3) is 0 Å². The Morgan fingerprint density at radius 3 is 2.75 bits per heavy atom. The van der Waals surface area contributed by atoms with Crippen LogP contribution < -0.4 is 10.5 Å². The molecular formula is C17H19NOS. The van der Waals surface area contributed by atoms with Crippen molar-refractivity contribution in [2.45, 2.75) is 26.2 Å². The molecular weight excluding hydrogens is 266 g/mol. The number of nitrogens with two attached hydrogens (primary N) is 1. The fourth-order valence-electron chi connectivity index (χ4n) is 2.67. The highest BCUT2D eigenvalue weighted by Crippen LogP contribution is 2.43. The fraction of sp³-hybridized carbons (Fsp3) is 0.294. The van der Waals surface area contributed by atoms with Crippen molar-refractivity contribution in [1.29, 1.82) is 0 Å². The number of thiophene rings is 1. The van der Waals surface area contributed by atoms with Crippen LogP contribution >= 0.6 is 11.3 Å². The second kappa shape index (κ2) is 5.33. The van der Waals surface area contributed by atoms with Gasteiger partial charge in [-0.25, -0.2) is 0 Å². The van der Waals surface area contributed by atoms with Crippen LogP contribution in [0.5, 0.6) is 5.75 Å². The summed E-state index contributed by atoms with van der Waals surface area (Å²) in [5.74, 6) is 0.877. The molecule has 0 radical (unpaired) electrons. The third-order valence-corrected chi connectivity index (χ3v) is 4.70. The highest BCUT2D eigenvalue weighted by atomic mass is 32.1. The molecule has 1 heterocycles. The van der Waals surface area contributed by atoms with Gasteiger partial charge in [0, 0.05) is 10.4 Å². The van der Waals surface area contributed by atoms with Gasteiger partial charge >= 0.3 is 0 Å². The first kappa shape index (κ1) is 13.3. The van der Waals surface area contributed by atoms with Gasteiger partial charge in [0.2, 0.25) is 0 Å². The van der Waals surface area contributed by atoms with Crippen molar-refractivity contribution >= 4 is 16.3 Å². The molecule has 0 saturated heterocycles. The number of hydrogen-bond donors (Lipinski definition) is 1. The predicted octanol–water partition coefficient (Wildman–Crippen LogP) is 4.44. The molecule has 3 rings (SSSR count). The maximum absolute atomic E-state index is 6.20. The molecule has 0 unspecified atom stereocenters. The Morgan fingerprint density at radius 1 is 1.30 bits per heavy atom. The molecule has 0 spiro atoms. The van der Waals surface area contributed by atoms with E-state index in [-0.39, 0.29) is 0 Å². The summed E-state index contributed by atoms with van der Waals surface area (Å²) < 4.78 is 5.63. The summed E-state index contributed by atoms with van der Waals surface area (Å²) in [6, 6.07) is 8.23. The second-order valence-corrected chi connectivity index (χ2v) is 6.50. The highest BCUT2D eigenvalue weighted by molar-refractivity contribution is 7.16. The van der Waals surface area contributed by atoms with Crippen molar-refractivity contribution in [3.63, 3.8) is 0 Å². The number of hydrogen-bond acceptors (Lipinski definition) is 3. The van der Waals surface area contributed by atoms with E-state index in [1.807, 2.05) is 19.1 Å². The molecule has 0 bridgehead atoms. The van der Waals surface area contributed by atoms with Crippen LogP contribution in [0.15, 0.2) is 36.4 Å². The number of fused-ring (bicyclic) bond motifs is 1. The molecule has 0 atom stereocenters. The molecule has 1 aliphatic rings. The molecule has 2 N–H and O–H groups in total. The molecule has 104 valence electrons. The van der Waals surface area contributed by atoms with Crippen LogP contribution in [0.1, 0.15) is 23.8 Å². The number of aryl methyl sites for hydroxylation is 1. The summed E-state index contributed by atoms with van der Waals surface area (Å²) in [6.07, 6.45) is 3.60. The highest BCUT2D eigenvalue weighted by Gasteiger charge is 2.21. The Balaban J connectivity index is 1.86. The molecule has 20 heavy (non-hydrogen) atoms. The average Bonchev–Trinajstić information content (AvgIpc) is 2.97. The van der Waals surface area contributed by atoms with Crippen LogP contribution in [0.2, 0.25) is 0 Å². The SMILES string of the molecule is C=C(C)COc1ccc(-c2c(N)sc3c2CCC3)cc1. The van der Waals surface area contributed by atoms with Crippen LogP contribution in [0.3, 0.4) is 0 Å². The van der Waals surface area contributed by atoms with Gasteiger partial charge in [0.05, 0.1) is 5.00 Å². The summed E-state index contributed by atoms with van der Waals surface area (Å²) in [4.78, 5) is 1.47. The predicted molar refractivity (Wildman–Crippen MR) is 86.5 cm³/mol. The van der Waals surface area contributed by atoms with E-state index in [0.29, 0.717) is 6.61 Å². The zero-order chi connectivity index (χ0) is 14.1. The second-order valence-electron chi connectivity index (χ2n) is 5.37. The van der Waals surface area contributed by atoms with E-state index in [1.54, 1.807) is 11.3 Å². The van der Waals surface area contributed by atoms with Gasteiger partial charge in [-0.05, 0) is 55.0 Å². The normalized spacial score (nSPS) is 13.2. The van der Waals surface area contributed by atoms with Gasteiger partial charge in [-0.2, -0.15) is 0 Å². The van der Waals surface area contributed by atoms with Crippen LogP contribution in [0.4, 0.5) is 5.00 Å². The minimum Gasteiger partial charge on any atom is -0.489 e. The Labute approximate surface area is 123 Å². The fourth-order valence-corrected chi connectivity index (χ4v) is 3.85. The maximum Gasteiger partial charge on any atom is 0.119 e. The first-order chi connectivity index (χ1) is 9.65. The summed E-state index contributed by atoms with van der Waals surface area (Å²) in [7, 11) is 0. The lowest BCUT2D eigenvalue weighted by Gasteiger charge is -2.08. The smallest absolute Gasteiger partial charge is 0.119 e. The number of benzene rings is 1. The zero-order valence-corrected chi connectivity index (χ0v) is 12.6. The van der Waals surface area contributed by atoms with Crippen molar-refractivity contribution in [1.82, 2.24) is 0 Å². The van der Waals surface area contributed by atoms with Gasteiger partial charge < -0.3 is 10.5 Å². The lowest BCUT2D eigenvalue weighted by atomic mass is 10.0. The summed E-state index contributed by atoms with van der Waals surface area (Å²) in [5, 5.41) is 0.949. The first-order valence-corrected chi connectivity index (χ1v) is 7.74. The third kappa shape index (κ3) is 2.46. The van der Waals surface area contributed by atoms with Crippen LogP contribution in [-0.2, 0) is 12.8 Å². The van der Waals surface area contributed by atoms with Gasteiger partial charge in [0.15, 0.2) is 0 Å². The van der Waals surface area contributed by atoms with Gasteiger partial charge in [-0.15, -0.1) is 11.3 Å². The lowest BCUT2D eigenvalue weighted by molar-refractivity contribution is 0.353. The van der Waals surface area contributed by atoms with Crippen LogP contribution in [0.25, 0.3) is 11.1 Å². The molecule has 1 aromatic carbocycles. The van der Waals surface area contributed by atoms with E-state index in [9.17, 15) is 0 Å². The molecule has 0 saturated carbocycles. The van der Waals surface area contributed by atoms with Crippen molar-refractivity contribution < 1.29 is 4.74 Å².